The summed E-state index contributed by atoms with van der Waals surface area (Å²) in [6.45, 7) is 0.873. The van der Waals surface area contributed by atoms with Gasteiger partial charge in [0.15, 0.2) is 5.82 Å². The Labute approximate surface area is 134 Å². The molecule has 0 radical (unpaired) electrons. The third-order valence-corrected chi connectivity index (χ3v) is 5.06. The van der Waals surface area contributed by atoms with Crippen LogP contribution in [-0.4, -0.2) is 41.7 Å². The van der Waals surface area contributed by atoms with Crippen LogP contribution in [-0.2, 0) is 10.2 Å². The first kappa shape index (κ1) is 15.6. The summed E-state index contributed by atoms with van der Waals surface area (Å²) < 4.78 is 27.4. The van der Waals surface area contributed by atoms with Gasteiger partial charge in [0.2, 0.25) is 0 Å². The summed E-state index contributed by atoms with van der Waals surface area (Å²) in [6.07, 6.45) is 4.27. The van der Waals surface area contributed by atoms with E-state index in [4.69, 9.17) is 0 Å². The summed E-state index contributed by atoms with van der Waals surface area (Å²) in [7, 11) is -3.79. The predicted octanol–water partition coefficient (Wildman–Crippen LogP) is 1.21. The van der Waals surface area contributed by atoms with Crippen molar-refractivity contribution in [2.75, 3.05) is 13.1 Å². The molecule has 1 N–H and O–H groups in total. The third kappa shape index (κ3) is 3.54. The Balaban J connectivity index is 1.73. The number of aromatic nitrogens is 2. The zero-order valence-electron chi connectivity index (χ0n) is 12.3. The molecule has 1 aromatic carbocycles. The lowest BCUT2D eigenvalue weighted by Crippen LogP contribution is -2.42. The number of hydrogen-bond donors (Lipinski definition) is 1. The molecule has 0 spiro atoms. The Morgan fingerprint density at radius 3 is 2.26 bits per heavy atom. The molecule has 1 fully saturated rings. The number of amides is 1. The first-order valence-electron chi connectivity index (χ1n) is 7.26. The molecule has 0 bridgehead atoms. The number of hydrogen-bond acceptors (Lipinski definition) is 5. The second kappa shape index (κ2) is 6.43. The van der Waals surface area contributed by atoms with E-state index in [1.54, 1.807) is 0 Å². The van der Waals surface area contributed by atoms with E-state index in [2.05, 4.69) is 14.7 Å². The molecule has 3 rings (SSSR count). The van der Waals surface area contributed by atoms with E-state index < -0.39 is 16.1 Å². The van der Waals surface area contributed by atoms with Crippen LogP contribution in [0.5, 0.6) is 0 Å². The van der Waals surface area contributed by atoms with Crippen molar-refractivity contribution in [1.82, 2.24) is 19.0 Å². The Hall–Kier alpha value is -2.32. The highest BCUT2D eigenvalue weighted by Gasteiger charge is 2.27. The van der Waals surface area contributed by atoms with E-state index in [0.29, 0.717) is 18.9 Å². The standard InChI is InChI=1S/C15H16N4O3S/c20-15(18-23(21,22)19-8-4-5-9-19)13-10-16-14(17-11-13)12-6-2-1-3-7-12/h1-3,6-7,10-11H,4-5,8-9H2,(H,18,20). The fraction of sp³-hybridized carbons (Fsp3) is 0.267. The molecule has 120 valence electrons. The van der Waals surface area contributed by atoms with Crippen molar-refractivity contribution in [3.05, 3.63) is 48.3 Å². The van der Waals surface area contributed by atoms with Gasteiger partial charge < -0.3 is 0 Å². The van der Waals surface area contributed by atoms with Gasteiger partial charge in [-0.05, 0) is 12.8 Å². The van der Waals surface area contributed by atoms with Crippen LogP contribution in [0, 0.1) is 0 Å². The van der Waals surface area contributed by atoms with Gasteiger partial charge in [-0.25, -0.2) is 14.7 Å². The Kier molecular flexibility index (Phi) is 4.35. The summed E-state index contributed by atoms with van der Waals surface area (Å²) in [4.78, 5) is 20.3. The van der Waals surface area contributed by atoms with Crippen molar-refractivity contribution in [2.24, 2.45) is 0 Å². The highest BCUT2D eigenvalue weighted by molar-refractivity contribution is 7.87. The first-order valence-corrected chi connectivity index (χ1v) is 8.70. The van der Waals surface area contributed by atoms with Crippen LogP contribution in [0.1, 0.15) is 23.2 Å². The normalized spacial score (nSPS) is 15.5. The van der Waals surface area contributed by atoms with Crippen LogP contribution >= 0.6 is 0 Å². The molecule has 1 amide bonds. The minimum Gasteiger partial charge on any atom is -0.268 e. The SMILES string of the molecule is O=C(NS(=O)(=O)N1CCCC1)c1cnc(-c2ccccc2)nc1. The van der Waals surface area contributed by atoms with Crippen molar-refractivity contribution in [3.63, 3.8) is 0 Å². The molecule has 2 heterocycles. The van der Waals surface area contributed by atoms with Gasteiger partial charge in [-0.2, -0.15) is 12.7 Å². The molecular formula is C15H16N4O3S. The van der Waals surface area contributed by atoms with Gasteiger partial charge in [-0.1, -0.05) is 30.3 Å². The number of nitrogens with one attached hydrogen (secondary N) is 1. The van der Waals surface area contributed by atoms with Gasteiger partial charge >= 0.3 is 10.2 Å². The van der Waals surface area contributed by atoms with Gasteiger partial charge in [0.25, 0.3) is 5.91 Å². The molecule has 8 heteroatoms. The highest BCUT2D eigenvalue weighted by Crippen LogP contribution is 2.14. The van der Waals surface area contributed by atoms with E-state index in [9.17, 15) is 13.2 Å². The molecule has 7 nitrogen and oxygen atoms in total. The molecule has 0 aliphatic carbocycles. The molecule has 0 saturated carbocycles. The average Bonchev–Trinajstić information content (AvgIpc) is 3.11. The molecule has 1 saturated heterocycles. The number of benzene rings is 1. The summed E-state index contributed by atoms with van der Waals surface area (Å²) in [6, 6.07) is 9.32. The topological polar surface area (TPSA) is 92.3 Å². The summed E-state index contributed by atoms with van der Waals surface area (Å²) >= 11 is 0. The highest BCUT2D eigenvalue weighted by atomic mass is 32.2. The number of rotatable bonds is 4. The van der Waals surface area contributed by atoms with Crippen molar-refractivity contribution in [3.8, 4) is 11.4 Å². The van der Waals surface area contributed by atoms with Crippen LogP contribution in [0.3, 0.4) is 0 Å². The molecular weight excluding hydrogens is 316 g/mol. The summed E-state index contributed by atoms with van der Waals surface area (Å²) in [5.74, 6) is -0.249. The Morgan fingerprint density at radius 2 is 1.65 bits per heavy atom. The Morgan fingerprint density at radius 1 is 1.04 bits per heavy atom. The van der Waals surface area contributed by atoms with E-state index in [-0.39, 0.29) is 5.56 Å². The first-order chi connectivity index (χ1) is 11.1. The number of carbonyl (C=O) groups is 1. The van der Waals surface area contributed by atoms with Gasteiger partial charge in [0, 0.05) is 31.0 Å². The van der Waals surface area contributed by atoms with Gasteiger partial charge in [-0.3, -0.25) is 4.79 Å². The smallest absolute Gasteiger partial charge is 0.268 e. The molecule has 1 aliphatic rings. The second-order valence-electron chi connectivity index (χ2n) is 5.20. The van der Waals surface area contributed by atoms with Crippen LogP contribution in [0.4, 0.5) is 0 Å². The number of carbonyl (C=O) groups excluding carboxylic acids is 1. The second-order valence-corrected chi connectivity index (χ2v) is 6.87. The average molecular weight is 332 g/mol. The number of nitrogens with zero attached hydrogens (tertiary/aromatic N) is 3. The molecule has 1 aliphatic heterocycles. The van der Waals surface area contributed by atoms with Crippen molar-refractivity contribution in [2.45, 2.75) is 12.8 Å². The lowest BCUT2D eigenvalue weighted by molar-refractivity contribution is 0.0978. The maximum absolute atomic E-state index is 12.1. The van der Waals surface area contributed by atoms with Crippen LogP contribution in [0.2, 0.25) is 0 Å². The molecule has 23 heavy (non-hydrogen) atoms. The predicted molar refractivity (Wildman–Crippen MR) is 84.7 cm³/mol. The zero-order chi connectivity index (χ0) is 16.3. The summed E-state index contributed by atoms with van der Waals surface area (Å²) in [5, 5.41) is 0. The lowest BCUT2D eigenvalue weighted by Gasteiger charge is -2.15. The molecule has 2 aromatic rings. The van der Waals surface area contributed by atoms with Gasteiger partial charge in [0.05, 0.1) is 5.56 Å². The largest absolute Gasteiger partial charge is 0.304 e. The Bertz CT molecular complexity index is 785. The van der Waals surface area contributed by atoms with Crippen molar-refractivity contribution in [1.29, 1.82) is 0 Å². The van der Waals surface area contributed by atoms with Gasteiger partial charge in [0.1, 0.15) is 0 Å². The van der Waals surface area contributed by atoms with Gasteiger partial charge in [-0.15, -0.1) is 0 Å². The molecule has 0 unspecified atom stereocenters. The minimum absolute atomic E-state index is 0.104. The van der Waals surface area contributed by atoms with Crippen molar-refractivity contribution >= 4 is 16.1 Å². The fourth-order valence-electron chi connectivity index (χ4n) is 2.35. The van der Waals surface area contributed by atoms with E-state index in [1.807, 2.05) is 30.3 Å². The van der Waals surface area contributed by atoms with Crippen LogP contribution in [0.15, 0.2) is 42.7 Å². The van der Waals surface area contributed by atoms with E-state index in [1.165, 1.54) is 16.7 Å². The quantitative estimate of drug-likeness (QED) is 0.908. The van der Waals surface area contributed by atoms with Crippen LogP contribution < -0.4 is 4.72 Å². The monoisotopic (exact) mass is 332 g/mol. The van der Waals surface area contributed by atoms with Crippen LogP contribution in [0.25, 0.3) is 11.4 Å². The summed E-state index contributed by atoms with van der Waals surface area (Å²) in [5.41, 5.74) is 0.927. The van der Waals surface area contributed by atoms with E-state index >= 15 is 0 Å². The lowest BCUT2D eigenvalue weighted by atomic mass is 10.2. The third-order valence-electron chi connectivity index (χ3n) is 3.57. The maximum atomic E-state index is 12.1. The fourth-order valence-corrected chi connectivity index (χ4v) is 3.57. The molecule has 0 atom stereocenters. The minimum atomic E-state index is -3.79. The zero-order valence-corrected chi connectivity index (χ0v) is 13.2. The van der Waals surface area contributed by atoms with E-state index in [0.717, 1.165) is 18.4 Å². The maximum Gasteiger partial charge on any atom is 0.304 e. The molecule has 1 aromatic heterocycles. The van der Waals surface area contributed by atoms with Crippen molar-refractivity contribution < 1.29 is 13.2 Å².